The van der Waals surface area contributed by atoms with Crippen LogP contribution in [-0.2, 0) is 34.2 Å². The monoisotopic (exact) mass is 887 g/mol. The van der Waals surface area contributed by atoms with Crippen molar-refractivity contribution in [2.75, 3.05) is 33.1 Å². The van der Waals surface area contributed by atoms with Crippen molar-refractivity contribution in [2.24, 2.45) is 0 Å². The highest BCUT2D eigenvalue weighted by atomic mass is 35.5. The Morgan fingerprint density at radius 2 is 1.68 bits per heavy atom. The zero-order valence-electron chi connectivity index (χ0n) is 32.8. The van der Waals surface area contributed by atoms with E-state index in [1.165, 1.54) is 39.3 Å². The summed E-state index contributed by atoms with van der Waals surface area (Å²) in [5.74, 6) is -0.112. The Kier molecular flexibility index (Phi) is 13.5. The van der Waals surface area contributed by atoms with Crippen molar-refractivity contribution < 1.29 is 50.1 Å². The Morgan fingerprint density at radius 1 is 0.966 bits per heavy atom. The number of aromatic amines is 1. The molecule has 0 unspecified atom stereocenters. The number of aromatic nitrogens is 2. The minimum absolute atomic E-state index is 0.0203. The van der Waals surface area contributed by atoms with Crippen molar-refractivity contribution in [3.8, 4) is 17.2 Å². The summed E-state index contributed by atoms with van der Waals surface area (Å²) >= 11 is 12.8. The summed E-state index contributed by atoms with van der Waals surface area (Å²) in [4.78, 5) is 58.7. The number of ether oxygens (including phenoxy) is 4. The smallest absolute Gasteiger partial charge is 0.497 e. The maximum atomic E-state index is 13.9. The molecule has 0 aliphatic carbocycles. The van der Waals surface area contributed by atoms with E-state index in [-0.39, 0.29) is 46.3 Å². The van der Waals surface area contributed by atoms with Gasteiger partial charge in [-0.3, -0.25) is 9.36 Å². The number of imide groups is 1. The summed E-state index contributed by atoms with van der Waals surface area (Å²) in [7, 11) is -0.828. The summed E-state index contributed by atoms with van der Waals surface area (Å²) in [6.45, 7) is 5.37. The number of H-pyrrole nitrogens is 1. The minimum atomic E-state index is -5.31. The molecule has 320 valence electrons. The first-order chi connectivity index (χ1) is 27.6. The molecule has 1 aliphatic heterocycles. The number of carbonyl (C=O) groups excluding carboxylic acids is 2. The zero-order valence-corrected chi connectivity index (χ0v) is 35.1. The van der Waals surface area contributed by atoms with Gasteiger partial charge in [0, 0.05) is 35.3 Å². The maximum absolute atomic E-state index is 13.9. The molecule has 1 aromatic heterocycles. The Morgan fingerprint density at radius 3 is 2.31 bits per heavy atom. The lowest BCUT2D eigenvalue weighted by molar-refractivity contribution is -0.274. The number of rotatable bonds is 14. The van der Waals surface area contributed by atoms with Gasteiger partial charge >= 0.3 is 24.2 Å². The van der Waals surface area contributed by atoms with Crippen molar-refractivity contribution in [1.82, 2.24) is 24.7 Å². The fourth-order valence-corrected chi connectivity index (χ4v) is 8.08. The third-order valence-corrected chi connectivity index (χ3v) is 11.7. The molecule has 0 bridgehead atoms. The molecule has 21 heteroatoms. The van der Waals surface area contributed by atoms with Crippen LogP contribution in [0.25, 0.3) is 10.9 Å². The summed E-state index contributed by atoms with van der Waals surface area (Å²) in [6, 6.07) is 8.08. The van der Waals surface area contributed by atoms with Crippen molar-refractivity contribution in [1.29, 1.82) is 0 Å². The second kappa shape index (κ2) is 17.7. The van der Waals surface area contributed by atoms with Crippen LogP contribution in [0.15, 0.2) is 56.9 Å². The second-order valence-corrected chi connectivity index (χ2v) is 17.5. The number of benzene rings is 3. The number of halogens is 5. The van der Waals surface area contributed by atoms with Crippen LogP contribution in [0.1, 0.15) is 50.8 Å². The molecule has 2 N–H and O–H groups in total. The molecule has 3 aromatic carbocycles. The molecule has 2 heterocycles. The third kappa shape index (κ3) is 10.4. The summed E-state index contributed by atoms with van der Waals surface area (Å²) in [6.07, 6.45) is -6.10. The topological polar surface area (TPSA) is 179 Å². The zero-order chi connectivity index (χ0) is 43.6. The van der Waals surface area contributed by atoms with Crippen molar-refractivity contribution in [2.45, 2.75) is 76.7 Å². The van der Waals surface area contributed by atoms with Crippen LogP contribution in [0.4, 0.5) is 22.8 Å². The third-order valence-electron chi connectivity index (χ3n) is 9.25. The number of methoxy groups -OCH3 is 2. The number of alkyl halides is 3. The number of nitrogens with one attached hydrogen (secondary N) is 2. The van der Waals surface area contributed by atoms with Crippen LogP contribution in [0.3, 0.4) is 0 Å². The summed E-state index contributed by atoms with van der Waals surface area (Å²) in [5.41, 5.74) is -3.24. The average molecular weight is 889 g/mol. The molecule has 5 rings (SSSR count). The second-order valence-electron chi connectivity index (χ2n) is 14.4. The van der Waals surface area contributed by atoms with E-state index in [0.29, 0.717) is 22.6 Å². The lowest BCUT2D eigenvalue weighted by Crippen LogP contribution is -2.44. The van der Waals surface area contributed by atoms with Crippen molar-refractivity contribution in [3.63, 3.8) is 0 Å². The largest absolute Gasteiger partial charge is 0.573 e. The number of sulfone groups is 1. The van der Waals surface area contributed by atoms with Gasteiger partial charge in [-0.25, -0.2) is 27.7 Å². The quantitative estimate of drug-likeness (QED) is 0.133. The molecular weight excluding hydrogens is 846 g/mol. The Bertz CT molecular complexity index is 2490. The van der Waals surface area contributed by atoms with Crippen LogP contribution in [0.5, 0.6) is 17.2 Å². The number of urea groups is 1. The molecule has 0 spiro atoms. The SMILES string of the molecule is CCS(=O)(=O)c1ccc(Cl)cc1Cn1c(=O)[nH]c2c(Cl)c(CN3C[C@@H](CCNCc4ccc(OC)cc4OC)N(C(=O)OC(C)(C)C)C3=O)c(OC(F)(F)F)cc2c1=O. The molecule has 1 aliphatic rings. The Hall–Kier alpha value is -4.98. The van der Waals surface area contributed by atoms with E-state index >= 15 is 0 Å². The highest BCUT2D eigenvalue weighted by Gasteiger charge is 2.44. The van der Waals surface area contributed by atoms with Gasteiger partial charge in [-0.2, -0.15) is 0 Å². The molecule has 1 saturated heterocycles. The van der Waals surface area contributed by atoms with Crippen LogP contribution in [-0.4, -0.2) is 91.0 Å². The number of hydrogen-bond acceptors (Lipinski definition) is 11. The number of carbonyl (C=O) groups is 2. The van der Waals surface area contributed by atoms with E-state index in [2.05, 4.69) is 15.0 Å². The average Bonchev–Trinajstić information content (AvgIpc) is 3.46. The van der Waals surface area contributed by atoms with E-state index < -0.39 is 86.0 Å². The molecule has 0 saturated carbocycles. The lowest BCUT2D eigenvalue weighted by atomic mass is 10.1. The van der Waals surface area contributed by atoms with Gasteiger partial charge in [0.15, 0.2) is 9.84 Å². The fourth-order valence-electron chi connectivity index (χ4n) is 6.47. The van der Waals surface area contributed by atoms with Crippen LogP contribution < -0.4 is 30.8 Å². The van der Waals surface area contributed by atoms with Gasteiger partial charge in [0.05, 0.1) is 59.9 Å². The van der Waals surface area contributed by atoms with Gasteiger partial charge in [0.25, 0.3) is 5.56 Å². The Balaban J connectivity index is 1.50. The molecule has 1 fully saturated rings. The lowest BCUT2D eigenvalue weighted by Gasteiger charge is -2.26. The van der Waals surface area contributed by atoms with Gasteiger partial charge in [-0.05, 0) is 69.6 Å². The number of fused-ring (bicyclic) bond motifs is 1. The fraction of sp³-hybridized carbons (Fsp3) is 0.421. The highest BCUT2D eigenvalue weighted by molar-refractivity contribution is 7.91. The van der Waals surface area contributed by atoms with Gasteiger partial charge in [-0.15, -0.1) is 13.2 Å². The molecule has 4 aromatic rings. The molecule has 59 heavy (non-hydrogen) atoms. The molecule has 15 nitrogen and oxygen atoms in total. The first kappa shape index (κ1) is 45.1. The summed E-state index contributed by atoms with van der Waals surface area (Å²) < 4.78 is 88.5. The van der Waals surface area contributed by atoms with Crippen LogP contribution in [0.2, 0.25) is 10.0 Å². The first-order valence-corrected chi connectivity index (χ1v) is 20.5. The van der Waals surface area contributed by atoms with Gasteiger partial charge in [0.1, 0.15) is 22.8 Å². The van der Waals surface area contributed by atoms with Gasteiger partial charge in [-0.1, -0.05) is 36.2 Å². The summed E-state index contributed by atoms with van der Waals surface area (Å²) in [5, 5.41) is 2.28. The van der Waals surface area contributed by atoms with E-state index in [4.69, 9.17) is 37.4 Å². The van der Waals surface area contributed by atoms with Gasteiger partial charge in [0.2, 0.25) is 0 Å². The van der Waals surface area contributed by atoms with Crippen molar-refractivity contribution in [3.05, 3.63) is 90.0 Å². The maximum Gasteiger partial charge on any atom is 0.573 e. The van der Waals surface area contributed by atoms with E-state index in [0.717, 1.165) is 21.4 Å². The first-order valence-electron chi connectivity index (χ1n) is 18.0. The molecule has 0 radical (unpaired) electrons. The Labute approximate surface area is 346 Å². The highest BCUT2D eigenvalue weighted by Crippen LogP contribution is 2.38. The predicted molar refractivity (Wildman–Crippen MR) is 212 cm³/mol. The molecular formula is C38H42Cl2F3N5O10S. The predicted octanol–water partition coefficient (Wildman–Crippen LogP) is 6.48. The van der Waals surface area contributed by atoms with E-state index in [1.807, 2.05) is 6.07 Å². The van der Waals surface area contributed by atoms with E-state index in [9.17, 15) is 40.8 Å². The molecule has 3 amide bonds. The minimum Gasteiger partial charge on any atom is -0.497 e. The molecule has 1 atom stereocenters. The van der Waals surface area contributed by atoms with Gasteiger partial charge < -0.3 is 34.1 Å². The van der Waals surface area contributed by atoms with Crippen molar-refractivity contribution >= 4 is 56.1 Å². The number of amides is 3. The number of nitrogens with zero attached hydrogens (tertiary/aromatic N) is 3. The van der Waals surface area contributed by atoms with Crippen LogP contribution in [0, 0.1) is 0 Å². The standard InChI is InChI=1S/C38H42Cl2F3N5O10S/c1-7-59(53,54)30-11-9-23(39)14-22(30)18-47-33(49)26-16-29(57-38(41,42)43)27(31(40)32(26)45-34(47)50)20-46-19-24(48(35(46)51)36(52)58-37(2,3)4)12-13-44-17-21-8-10-25(55-5)15-28(21)56-6/h8-11,14-16,24,44H,7,12-13,17-20H2,1-6H3,(H,45,50)/t24-/m1/s1. The normalized spacial score (nSPS) is 14.9. The number of hydrogen-bond donors (Lipinski definition) is 2. The van der Waals surface area contributed by atoms with Crippen LogP contribution >= 0.6 is 23.2 Å². The van der Waals surface area contributed by atoms with E-state index in [1.54, 1.807) is 32.9 Å².